The Balaban J connectivity index is 0.824. The smallest absolute Gasteiger partial charge is 0.329 e. The van der Waals surface area contributed by atoms with Gasteiger partial charge in [-0.25, -0.2) is 24.1 Å². The van der Waals surface area contributed by atoms with Crippen molar-refractivity contribution in [2.75, 3.05) is 42.9 Å². The third kappa shape index (κ3) is 7.97. The normalized spacial score (nSPS) is 18.4. The maximum atomic E-state index is 13.5. The molecule has 6 aromatic rings. The summed E-state index contributed by atoms with van der Waals surface area (Å²) in [6, 6.07) is 17.0. The molecule has 9 rings (SSSR count). The molecule has 3 N–H and O–H groups in total. The van der Waals surface area contributed by atoms with Crippen LogP contribution in [-0.4, -0.2) is 88.0 Å². The number of nitrogens with zero attached hydrogens (tertiary/aromatic N) is 9. The van der Waals surface area contributed by atoms with Crippen LogP contribution in [0.3, 0.4) is 0 Å². The number of amides is 2. The fraction of sp³-hybridized carbons (Fsp3) is 0.426. The number of likely N-dealkylation sites (tertiary alicyclic amines) is 1. The van der Waals surface area contributed by atoms with Gasteiger partial charge in [-0.3, -0.25) is 28.8 Å². The average Bonchev–Trinajstić information content (AvgIpc) is 3.68. The summed E-state index contributed by atoms with van der Waals surface area (Å²) in [6.07, 6.45) is 8.02. The van der Waals surface area contributed by atoms with Gasteiger partial charge in [0, 0.05) is 45.0 Å². The highest BCUT2D eigenvalue weighted by Crippen LogP contribution is 2.35. The van der Waals surface area contributed by atoms with Crippen molar-refractivity contribution in [2.24, 2.45) is 13.0 Å². The summed E-state index contributed by atoms with van der Waals surface area (Å²) in [5.41, 5.74) is 5.16. The number of allylic oxidation sites excluding steroid dienone is 1. The van der Waals surface area contributed by atoms with E-state index >= 15 is 0 Å². The average molecular weight is 854 g/mol. The molecule has 2 amide bonds. The number of rotatable bonds is 11. The second kappa shape index (κ2) is 16.7. The minimum absolute atomic E-state index is 0.215. The fourth-order valence-electron chi connectivity index (χ4n) is 9.88. The molecular formula is C47H55N11O5. The topological polar surface area (TPSA) is 177 Å². The van der Waals surface area contributed by atoms with Gasteiger partial charge in [-0.05, 0) is 125 Å². The van der Waals surface area contributed by atoms with Crippen molar-refractivity contribution in [3.63, 3.8) is 0 Å². The Morgan fingerprint density at radius 1 is 0.952 bits per heavy atom. The number of aryl methyl sites for hydroxylation is 2. The van der Waals surface area contributed by atoms with E-state index in [-0.39, 0.29) is 30.1 Å². The van der Waals surface area contributed by atoms with Crippen LogP contribution in [0.1, 0.15) is 81.2 Å². The quantitative estimate of drug-likeness (QED) is 0.116. The van der Waals surface area contributed by atoms with Gasteiger partial charge in [0.2, 0.25) is 17.8 Å². The second-order valence-electron chi connectivity index (χ2n) is 17.9. The number of fused-ring (bicyclic) bond motifs is 2. The van der Waals surface area contributed by atoms with Crippen molar-refractivity contribution < 1.29 is 14.7 Å². The van der Waals surface area contributed by atoms with Gasteiger partial charge >= 0.3 is 5.69 Å². The van der Waals surface area contributed by atoms with Crippen LogP contribution < -0.4 is 26.8 Å². The predicted octanol–water partition coefficient (Wildman–Crippen LogP) is 5.17. The number of piperidine rings is 3. The number of aliphatic hydroxyl groups is 1. The van der Waals surface area contributed by atoms with Crippen molar-refractivity contribution in [2.45, 2.75) is 83.4 Å². The molecule has 3 saturated heterocycles. The van der Waals surface area contributed by atoms with Crippen molar-refractivity contribution >= 4 is 51.2 Å². The van der Waals surface area contributed by atoms with E-state index in [2.05, 4.69) is 68.2 Å². The van der Waals surface area contributed by atoms with Crippen molar-refractivity contribution in [1.29, 1.82) is 0 Å². The molecule has 1 unspecified atom stereocenters. The summed E-state index contributed by atoms with van der Waals surface area (Å²) in [5, 5.41) is 16.8. The van der Waals surface area contributed by atoms with E-state index in [0.29, 0.717) is 46.8 Å². The maximum Gasteiger partial charge on any atom is 0.329 e. The molecule has 0 saturated carbocycles. The molecule has 16 nitrogen and oxygen atoms in total. The molecule has 3 aliphatic heterocycles. The van der Waals surface area contributed by atoms with Crippen LogP contribution in [0.2, 0.25) is 0 Å². The molecule has 0 radical (unpaired) electrons. The van der Waals surface area contributed by atoms with E-state index in [1.165, 1.54) is 22.0 Å². The lowest BCUT2D eigenvalue weighted by Gasteiger charge is -2.39. The van der Waals surface area contributed by atoms with Crippen LogP contribution in [0.15, 0.2) is 83.0 Å². The summed E-state index contributed by atoms with van der Waals surface area (Å²) in [7, 11) is 1.76. The lowest BCUT2D eigenvalue weighted by atomic mass is 9.86. The number of aromatic nitrogens is 7. The maximum absolute atomic E-state index is 13.5. The molecular weight excluding hydrogens is 799 g/mol. The first-order valence-electron chi connectivity index (χ1n) is 22.0. The van der Waals surface area contributed by atoms with Gasteiger partial charge in [-0.1, -0.05) is 24.3 Å². The second-order valence-corrected chi connectivity index (χ2v) is 17.9. The first-order valence-corrected chi connectivity index (χ1v) is 22.0. The lowest BCUT2D eigenvalue weighted by molar-refractivity contribution is -0.135. The first-order chi connectivity index (χ1) is 30.3. The third-order valence-electron chi connectivity index (χ3n) is 13.2. The Bertz CT molecular complexity index is 2870. The Kier molecular flexibility index (Phi) is 11.1. The molecule has 328 valence electrons. The van der Waals surface area contributed by atoms with Gasteiger partial charge in [0.15, 0.2) is 11.5 Å². The van der Waals surface area contributed by atoms with Gasteiger partial charge in [0.05, 0.1) is 29.0 Å². The van der Waals surface area contributed by atoms with E-state index in [1.807, 2.05) is 12.1 Å². The molecule has 63 heavy (non-hydrogen) atoms. The summed E-state index contributed by atoms with van der Waals surface area (Å²) in [6.45, 7) is 14.5. The molecule has 16 heteroatoms. The van der Waals surface area contributed by atoms with Crippen molar-refractivity contribution in [3.8, 4) is 5.82 Å². The molecule has 0 spiro atoms. The standard InChI is InChI=1S/C47H55N11O5/c1-6-21-56-44(61)34-27-48-45(52-42(34)58(56)39-12-8-11-38(50-39)47(3,4)63)49-32-13-14-33(29(2)26-32)31-19-22-54(23-20-31)28-30-17-24-55(25-18-30)35-9-7-10-36-41(35)53(5)46(62)57(36)37-15-16-40(59)51-43(37)60/h6-14,26-27,30-31,37,63H,1,15-25,28H2,2-5H3,(H,48,49,52)(H,51,59,60). The van der Waals surface area contributed by atoms with Gasteiger partial charge in [-0.15, -0.1) is 6.58 Å². The zero-order valence-corrected chi connectivity index (χ0v) is 36.4. The van der Waals surface area contributed by atoms with Gasteiger partial charge in [0.25, 0.3) is 5.56 Å². The summed E-state index contributed by atoms with van der Waals surface area (Å²) in [5.74, 6) is 1.14. The summed E-state index contributed by atoms with van der Waals surface area (Å²) >= 11 is 0. The lowest BCUT2D eigenvalue weighted by Crippen LogP contribution is -2.44. The van der Waals surface area contributed by atoms with Crippen LogP contribution >= 0.6 is 0 Å². The number of hydrogen-bond acceptors (Lipinski definition) is 11. The first kappa shape index (κ1) is 41.9. The zero-order valence-electron chi connectivity index (χ0n) is 36.4. The van der Waals surface area contributed by atoms with Crippen molar-refractivity contribution in [3.05, 3.63) is 111 Å². The molecule has 2 aromatic carbocycles. The van der Waals surface area contributed by atoms with Gasteiger partial charge < -0.3 is 20.2 Å². The van der Waals surface area contributed by atoms with E-state index in [9.17, 15) is 24.3 Å². The highest BCUT2D eigenvalue weighted by molar-refractivity contribution is 6.00. The van der Waals surface area contributed by atoms with Crippen molar-refractivity contribution in [1.82, 2.24) is 43.7 Å². The number of benzene rings is 2. The van der Waals surface area contributed by atoms with Crippen LogP contribution in [0.5, 0.6) is 0 Å². The SMILES string of the molecule is C=CCn1c(=O)c2cnc(Nc3ccc(C4CCN(CC5CCN(c6cccc7c6n(C)c(=O)n7C6CCC(=O)NC6=O)CC5)CC4)c(C)c3)nc2n1-c1cccc(C(C)(C)O)n1. The summed E-state index contributed by atoms with van der Waals surface area (Å²) in [4.78, 5) is 70.5. The van der Waals surface area contributed by atoms with Crippen LogP contribution in [0.25, 0.3) is 27.9 Å². The minimum atomic E-state index is -1.17. The number of carbonyl (C=O) groups is 2. The highest BCUT2D eigenvalue weighted by Gasteiger charge is 2.33. The van der Waals surface area contributed by atoms with Crippen LogP contribution in [0, 0.1) is 12.8 Å². The van der Waals surface area contributed by atoms with Gasteiger partial charge in [-0.2, -0.15) is 4.98 Å². The molecule has 0 aliphatic carbocycles. The van der Waals surface area contributed by atoms with Crippen LogP contribution in [-0.2, 0) is 28.8 Å². The van der Waals surface area contributed by atoms with Crippen LogP contribution in [0.4, 0.5) is 17.3 Å². The van der Waals surface area contributed by atoms with E-state index in [4.69, 9.17) is 4.98 Å². The number of imidazole rings is 1. The summed E-state index contributed by atoms with van der Waals surface area (Å²) < 4.78 is 6.38. The predicted molar refractivity (Wildman–Crippen MR) is 243 cm³/mol. The molecule has 3 aliphatic rings. The number of imide groups is 1. The molecule has 1 atom stereocenters. The van der Waals surface area contributed by atoms with E-state index < -0.39 is 17.6 Å². The Morgan fingerprint density at radius 2 is 1.71 bits per heavy atom. The molecule has 0 bridgehead atoms. The minimum Gasteiger partial charge on any atom is -0.384 e. The Hall–Kier alpha value is -6.39. The Labute approximate surface area is 364 Å². The monoisotopic (exact) mass is 853 g/mol. The van der Waals surface area contributed by atoms with E-state index in [1.54, 1.807) is 59.0 Å². The Morgan fingerprint density at radius 3 is 2.43 bits per heavy atom. The highest BCUT2D eigenvalue weighted by atomic mass is 16.3. The number of pyridine rings is 1. The molecule has 3 fully saturated rings. The molecule has 7 heterocycles. The fourth-order valence-corrected chi connectivity index (χ4v) is 9.88. The largest absolute Gasteiger partial charge is 0.384 e. The number of anilines is 3. The third-order valence-corrected chi connectivity index (χ3v) is 13.2. The number of nitrogens with one attached hydrogen (secondary N) is 2. The number of carbonyl (C=O) groups excluding carboxylic acids is 2. The van der Waals surface area contributed by atoms with Gasteiger partial charge in [0.1, 0.15) is 17.0 Å². The number of hydrogen-bond donors (Lipinski definition) is 3. The van der Waals surface area contributed by atoms with E-state index in [0.717, 1.165) is 80.8 Å². The number of para-hydroxylation sites is 1. The zero-order chi connectivity index (χ0) is 44.2. The molecule has 4 aromatic heterocycles.